The van der Waals surface area contributed by atoms with Gasteiger partial charge in [-0.2, -0.15) is 0 Å². The fourth-order valence-electron chi connectivity index (χ4n) is 1.76. The average Bonchev–Trinajstić information content (AvgIpc) is 2.38. The Bertz CT molecular complexity index is 559. The van der Waals surface area contributed by atoms with E-state index in [2.05, 4.69) is 4.98 Å². The lowest BCUT2D eigenvalue weighted by atomic mass is 10.0. The topological polar surface area (TPSA) is 56.0 Å². The van der Waals surface area contributed by atoms with Crippen molar-refractivity contribution < 1.29 is 4.79 Å². The van der Waals surface area contributed by atoms with Gasteiger partial charge in [0.1, 0.15) is 5.82 Å². The molecule has 0 aliphatic rings. The molecule has 0 radical (unpaired) electrons. The summed E-state index contributed by atoms with van der Waals surface area (Å²) in [5.74, 6) is 0.208. The largest absolute Gasteiger partial charge is 0.383 e. The Morgan fingerprint density at radius 2 is 1.89 bits per heavy atom. The summed E-state index contributed by atoms with van der Waals surface area (Å²) in [4.78, 5) is 17.5. The number of hydrogen-bond donors (Lipinski definition) is 1. The third kappa shape index (κ3) is 2.38. The number of pyridine rings is 1. The van der Waals surface area contributed by atoms with Crippen LogP contribution in [0.15, 0.2) is 41.4 Å². The summed E-state index contributed by atoms with van der Waals surface area (Å²) in [5.41, 5.74) is 7.76. The Labute approximate surface area is 110 Å². The molecule has 0 amide bonds. The highest BCUT2D eigenvalue weighted by atomic mass is 32.2. The number of rotatable bonds is 3. The van der Waals surface area contributed by atoms with Crippen LogP contribution in [0.1, 0.15) is 21.5 Å². The van der Waals surface area contributed by atoms with E-state index in [9.17, 15) is 4.79 Å². The fraction of sp³-hybridized carbons (Fsp3) is 0.143. The van der Waals surface area contributed by atoms with Crippen LogP contribution in [-0.2, 0) is 0 Å². The van der Waals surface area contributed by atoms with Gasteiger partial charge in [-0.25, -0.2) is 4.98 Å². The molecule has 1 aromatic carbocycles. The summed E-state index contributed by atoms with van der Waals surface area (Å²) in [6, 6.07) is 9.29. The van der Waals surface area contributed by atoms with Crippen molar-refractivity contribution in [3.63, 3.8) is 0 Å². The van der Waals surface area contributed by atoms with Crippen molar-refractivity contribution >= 4 is 23.4 Å². The molecule has 0 spiro atoms. The molecular formula is C14H14N2OS. The van der Waals surface area contributed by atoms with Gasteiger partial charge in [-0.3, -0.25) is 4.79 Å². The number of anilines is 1. The van der Waals surface area contributed by atoms with Gasteiger partial charge < -0.3 is 5.73 Å². The summed E-state index contributed by atoms with van der Waals surface area (Å²) in [7, 11) is 0. The summed E-state index contributed by atoms with van der Waals surface area (Å²) in [6.45, 7) is 1.86. The van der Waals surface area contributed by atoms with E-state index in [1.165, 1.54) is 0 Å². The molecule has 2 rings (SSSR count). The smallest absolute Gasteiger partial charge is 0.196 e. The second kappa shape index (κ2) is 5.23. The molecule has 2 aromatic rings. The lowest BCUT2D eigenvalue weighted by Crippen LogP contribution is -2.09. The van der Waals surface area contributed by atoms with Gasteiger partial charge in [0.2, 0.25) is 0 Å². The zero-order valence-electron chi connectivity index (χ0n) is 10.3. The second-order valence-corrected chi connectivity index (χ2v) is 4.83. The maximum atomic E-state index is 12.4. The molecule has 1 aromatic heterocycles. The van der Waals surface area contributed by atoms with Crippen molar-refractivity contribution in [2.24, 2.45) is 0 Å². The highest BCUT2D eigenvalue weighted by Gasteiger charge is 2.15. The molecule has 0 aliphatic carbocycles. The zero-order valence-corrected chi connectivity index (χ0v) is 11.1. The first-order valence-electron chi connectivity index (χ1n) is 5.53. The molecule has 2 N–H and O–H groups in total. The third-order valence-corrected chi connectivity index (χ3v) is 3.51. The molecule has 0 fully saturated rings. The lowest BCUT2D eigenvalue weighted by Gasteiger charge is -2.07. The number of carbonyl (C=O) groups excluding carboxylic acids is 1. The highest BCUT2D eigenvalue weighted by Crippen LogP contribution is 2.20. The Morgan fingerprint density at radius 1 is 1.22 bits per heavy atom. The molecule has 0 bridgehead atoms. The molecular weight excluding hydrogens is 244 g/mol. The number of aromatic nitrogens is 1. The average molecular weight is 258 g/mol. The van der Waals surface area contributed by atoms with E-state index in [1.54, 1.807) is 24.0 Å². The van der Waals surface area contributed by atoms with E-state index in [-0.39, 0.29) is 11.6 Å². The third-order valence-electron chi connectivity index (χ3n) is 2.77. The zero-order chi connectivity index (χ0) is 13.1. The maximum absolute atomic E-state index is 12.4. The highest BCUT2D eigenvalue weighted by molar-refractivity contribution is 7.98. The van der Waals surface area contributed by atoms with Gasteiger partial charge in [-0.15, -0.1) is 11.8 Å². The number of hydrogen-bond acceptors (Lipinski definition) is 4. The minimum absolute atomic E-state index is 0.0780. The Hall–Kier alpha value is -1.81. The van der Waals surface area contributed by atoms with E-state index < -0.39 is 0 Å². The first-order valence-corrected chi connectivity index (χ1v) is 6.76. The number of nitrogens with zero attached hydrogens (tertiary/aromatic N) is 1. The molecule has 0 unspecified atom stereocenters. The molecule has 0 aliphatic heterocycles. The van der Waals surface area contributed by atoms with Crippen LogP contribution in [0, 0.1) is 6.92 Å². The van der Waals surface area contributed by atoms with Gasteiger partial charge in [0, 0.05) is 16.7 Å². The first-order chi connectivity index (χ1) is 8.63. The van der Waals surface area contributed by atoms with Gasteiger partial charge in [0.05, 0.1) is 5.56 Å². The fourth-order valence-corrected chi connectivity index (χ4v) is 2.17. The summed E-state index contributed by atoms with van der Waals surface area (Å²) in [5, 5.41) is 0. The molecule has 0 atom stereocenters. The van der Waals surface area contributed by atoms with E-state index in [0.717, 1.165) is 10.5 Å². The Kier molecular flexibility index (Phi) is 3.67. The number of carbonyl (C=O) groups is 1. The maximum Gasteiger partial charge on any atom is 0.196 e. The van der Waals surface area contributed by atoms with Crippen LogP contribution in [0.4, 0.5) is 5.82 Å². The van der Waals surface area contributed by atoms with Crippen LogP contribution in [0.5, 0.6) is 0 Å². The van der Waals surface area contributed by atoms with Crippen molar-refractivity contribution in [3.8, 4) is 0 Å². The van der Waals surface area contributed by atoms with Gasteiger partial charge in [0.15, 0.2) is 5.78 Å². The van der Waals surface area contributed by atoms with E-state index in [4.69, 9.17) is 5.73 Å². The Balaban J connectivity index is 2.41. The molecule has 1 heterocycles. The number of ketones is 1. The summed E-state index contributed by atoms with van der Waals surface area (Å²) < 4.78 is 0. The quantitative estimate of drug-likeness (QED) is 0.679. The van der Waals surface area contributed by atoms with Crippen LogP contribution in [0.25, 0.3) is 0 Å². The first kappa shape index (κ1) is 12.6. The van der Waals surface area contributed by atoms with Gasteiger partial charge in [-0.1, -0.05) is 0 Å². The van der Waals surface area contributed by atoms with Crippen LogP contribution in [-0.4, -0.2) is 17.0 Å². The van der Waals surface area contributed by atoms with Crippen LogP contribution in [0.3, 0.4) is 0 Å². The summed E-state index contributed by atoms with van der Waals surface area (Å²) in [6.07, 6.45) is 3.61. The SMILES string of the molecule is CSc1ccc(C(=O)c2c(C)ccnc2N)cc1. The molecule has 0 saturated heterocycles. The number of aryl methyl sites for hydroxylation is 1. The van der Waals surface area contributed by atoms with E-state index >= 15 is 0 Å². The van der Waals surface area contributed by atoms with Crippen molar-refractivity contribution in [1.82, 2.24) is 4.98 Å². The van der Waals surface area contributed by atoms with Crippen molar-refractivity contribution in [2.45, 2.75) is 11.8 Å². The minimum atomic E-state index is -0.0780. The van der Waals surface area contributed by atoms with Gasteiger partial charge in [0.25, 0.3) is 0 Å². The lowest BCUT2D eigenvalue weighted by molar-refractivity contribution is 0.103. The Morgan fingerprint density at radius 3 is 2.44 bits per heavy atom. The van der Waals surface area contributed by atoms with Gasteiger partial charge >= 0.3 is 0 Å². The molecule has 4 heteroatoms. The van der Waals surface area contributed by atoms with Crippen molar-refractivity contribution in [2.75, 3.05) is 12.0 Å². The number of nitrogen functional groups attached to an aromatic ring is 1. The molecule has 18 heavy (non-hydrogen) atoms. The normalized spacial score (nSPS) is 10.3. The van der Waals surface area contributed by atoms with Gasteiger partial charge in [-0.05, 0) is 49.1 Å². The van der Waals surface area contributed by atoms with E-state index in [1.807, 2.05) is 37.4 Å². The van der Waals surface area contributed by atoms with Crippen LogP contribution < -0.4 is 5.73 Å². The number of benzene rings is 1. The molecule has 3 nitrogen and oxygen atoms in total. The monoisotopic (exact) mass is 258 g/mol. The number of thioether (sulfide) groups is 1. The van der Waals surface area contributed by atoms with E-state index in [0.29, 0.717) is 11.1 Å². The number of nitrogens with two attached hydrogens (primary N) is 1. The predicted octanol–water partition coefficient (Wildman–Crippen LogP) is 2.93. The minimum Gasteiger partial charge on any atom is -0.383 e. The van der Waals surface area contributed by atoms with Crippen molar-refractivity contribution in [1.29, 1.82) is 0 Å². The molecule has 92 valence electrons. The van der Waals surface area contributed by atoms with Crippen molar-refractivity contribution in [3.05, 3.63) is 53.2 Å². The van der Waals surface area contributed by atoms with Crippen LogP contribution in [0.2, 0.25) is 0 Å². The second-order valence-electron chi connectivity index (χ2n) is 3.95. The standard InChI is InChI=1S/C14H14N2OS/c1-9-7-8-16-14(15)12(9)13(17)10-3-5-11(18-2)6-4-10/h3-8H,1-2H3,(H2,15,16). The molecule has 0 saturated carbocycles. The predicted molar refractivity (Wildman–Crippen MR) is 75.0 cm³/mol. The summed E-state index contributed by atoms with van der Waals surface area (Å²) >= 11 is 1.64. The van der Waals surface area contributed by atoms with Crippen LogP contribution >= 0.6 is 11.8 Å².